The summed E-state index contributed by atoms with van der Waals surface area (Å²) >= 11 is 0. The highest BCUT2D eigenvalue weighted by atomic mass is 16.5. The summed E-state index contributed by atoms with van der Waals surface area (Å²) in [6, 6.07) is -0.544. The van der Waals surface area contributed by atoms with Crippen LogP contribution < -0.4 is 5.32 Å². The van der Waals surface area contributed by atoms with Crippen molar-refractivity contribution in [1.29, 1.82) is 0 Å². The molecule has 482 valence electrons. The van der Waals surface area contributed by atoms with Crippen molar-refractivity contribution in [2.75, 3.05) is 13.2 Å². The summed E-state index contributed by atoms with van der Waals surface area (Å²) in [5.74, 6) is -0.0127. The number of nitrogens with one attached hydrogen (secondary N) is 1. The second-order valence-electron chi connectivity index (χ2n) is 26.0. The summed E-state index contributed by atoms with van der Waals surface area (Å²) < 4.78 is 5.50. The highest BCUT2D eigenvalue weighted by Crippen LogP contribution is 2.20. The molecule has 0 bridgehead atoms. The number of carbonyl (C=O) groups excluding carboxylic acids is 2. The number of aliphatic hydroxyl groups excluding tert-OH is 2. The quantitative estimate of drug-likeness (QED) is 0.0320. The molecule has 0 aliphatic rings. The van der Waals surface area contributed by atoms with Gasteiger partial charge in [0, 0.05) is 12.8 Å². The van der Waals surface area contributed by atoms with Gasteiger partial charge in [-0.25, -0.2) is 0 Å². The molecule has 0 saturated carbocycles. The third kappa shape index (κ3) is 67.6. The second-order valence-corrected chi connectivity index (χ2v) is 26.0. The maximum Gasteiger partial charge on any atom is 0.305 e. The lowest BCUT2D eigenvalue weighted by atomic mass is 10.0. The van der Waals surface area contributed by atoms with E-state index in [4.69, 9.17) is 4.74 Å². The lowest BCUT2D eigenvalue weighted by Crippen LogP contribution is -2.45. The van der Waals surface area contributed by atoms with Gasteiger partial charge in [-0.3, -0.25) is 9.59 Å². The van der Waals surface area contributed by atoms with Crippen LogP contribution in [-0.2, 0) is 14.3 Å². The molecule has 0 aliphatic carbocycles. The molecule has 81 heavy (non-hydrogen) atoms. The predicted octanol–water partition coefficient (Wildman–Crippen LogP) is 24.3. The van der Waals surface area contributed by atoms with E-state index in [1.165, 1.54) is 360 Å². The zero-order valence-corrected chi connectivity index (χ0v) is 55.3. The largest absolute Gasteiger partial charge is 0.466 e. The van der Waals surface area contributed by atoms with Gasteiger partial charge in [-0.2, -0.15) is 0 Å². The monoisotopic (exact) mass is 1140 g/mol. The van der Waals surface area contributed by atoms with Crippen LogP contribution in [0.15, 0.2) is 12.2 Å². The summed E-state index contributed by atoms with van der Waals surface area (Å²) in [7, 11) is 0. The minimum atomic E-state index is -0.666. The van der Waals surface area contributed by atoms with Gasteiger partial charge in [0.05, 0.1) is 25.4 Å². The maximum absolute atomic E-state index is 12.6. The number of amides is 1. The average molecular weight is 1140 g/mol. The zero-order valence-electron chi connectivity index (χ0n) is 55.3. The first-order valence-corrected chi connectivity index (χ1v) is 37.4. The number of ether oxygens (including phenoxy) is 1. The van der Waals surface area contributed by atoms with Gasteiger partial charge >= 0.3 is 5.97 Å². The summed E-state index contributed by atoms with van der Waals surface area (Å²) in [5, 5.41) is 23.5. The number of rotatable bonds is 71. The lowest BCUT2D eigenvalue weighted by molar-refractivity contribution is -0.143. The van der Waals surface area contributed by atoms with E-state index >= 15 is 0 Å². The van der Waals surface area contributed by atoms with Crippen molar-refractivity contribution in [1.82, 2.24) is 5.32 Å². The van der Waals surface area contributed by atoms with Gasteiger partial charge in [0.1, 0.15) is 0 Å². The second kappa shape index (κ2) is 71.1. The predicted molar refractivity (Wildman–Crippen MR) is 357 cm³/mol. The van der Waals surface area contributed by atoms with Crippen LogP contribution in [0.3, 0.4) is 0 Å². The lowest BCUT2D eigenvalue weighted by Gasteiger charge is -2.22. The van der Waals surface area contributed by atoms with Gasteiger partial charge in [0.15, 0.2) is 0 Å². The van der Waals surface area contributed by atoms with Crippen molar-refractivity contribution in [3.8, 4) is 0 Å². The average Bonchev–Trinajstić information content (AvgIpc) is 3.47. The van der Waals surface area contributed by atoms with Crippen LogP contribution in [0.1, 0.15) is 431 Å². The van der Waals surface area contributed by atoms with E-state index < -0.39 is 12.1 Å². The Labute approximate surface area is 508 Å². The number of hydrogen-bond acceptors (Lipinski definition) is 5. The number of carbonyl (C=O) groups is 2. The fraction of sp³-hybridized carbons (Fsp3) is 0.947. The van der Waals surface area contributed by atoms with E-state index in [0.717, 1.165) is 38.5 Å². The van der Waals surface area contributed by atoms with Crippen molar-refractivity contribution >= 4 is 11.9 Å². The molecule has 2 unspecified atom stereocenters. The van der Waals surface area contributed by atoms with Gasteiger partial charge in [0.2, 0.25) is 5.91 Å². The highest BCUT2D eigenvalue weighted by molar-refractivity contribution is 5.76. The van der Waals surface area contributed by atoms with Crippen LogP contribution in [0.5, 0.6) is 0 Å². The Morgan fingerprint density at radius 3 is 0.877 bits per heavy atom. The number of aliphatic hydroxyl groups is 2. The van der Waals surface area contributed by atoms with Crippen LogP contribution in [0.4, 0.5) is 0 Å². The van der Waals surface area contributed by atoms with E-state index in [-0.39, 0.29) is 18.5 Å². The highest BCUT2D eigenvalue weighted by Gasteiger charge is 2.20. The van der Waals surface area contributed by atoms with Crippen LogP contribution in [0, 0.1) is 0 Å². The molecule has 0 rings (SSSR count). The number of unbranched alkanes of at least 4 members (excludes halogenated alkanes) is 58. The first-order valence-electron chi connectivity index (χ1n) is 37.4. The Kier molecular flexibility index (Phi) is 69.9. The van der Waals surface area contributed by atoms with Crippen LogP contribution in [-0.4, -0.2) is 47.4 Å². The molecule has 0 aliphatic heterocycles. The maximum atomic E-state index is 12.6. The minimum Gasteiger partial charge on any atom is -0.466 e. The normalized spacial score (nSPS) is 12.5. The van der Waals surface area contributed by atoms with Gasteiger partial charge in [-0.15, -0.1) is 0 Å². The van der Waals surface area contributed by atoms with E-state index in [0.29, 0.717) is 25.9 Å². The summed E-state index contributed by atoms with van der Waals surface area (Å²) in [4.78, 5) is 24.6. The van der Waals surface area contributed by atoms with Gasteiger partial charge < -0.3 is 20.3 Å². The molecule has 6 heteroatoms. The Morgan fingerprint density at radius 2 is 0.580 bits per heavy atom. The third-order valence-corrected chi connectivity index (χ3v) is 17.8. The molecule has 0 spiro atoms. The van der Waals surface area contributed by atoms with Crippen molar-refractivity contribution < 1.29 is 24.5 Å². The molecule has 1 amide bonds. The standard InChI is InChI=1S/C75H147NO5/c1-3-5-7-9-11-13-15-17-19-20-21-22-27-30-33-36-40-43-47-51-55-59-63-67-73(78)72(71-77)76-74(79)68-64-60-56-52-48-44-41-37-34-31-28-25-23-24-26-29-32-35-38-42-46-50-54-58-62-66-70-81-75(80)69-65-61-57-53-49-45-39-18-16-14-12-10-8-6-4-2/h23,25,72-73,77-78H,3-22,24,26-71H2,1-2H3,(H,76,79)/b25-23-. The number of hydrogen-bond donors (Lipinski definition) is 3. The SMILES string of the molecule is CCCCCCCCCCCCCCCCCCCCCCCCCC(O)C(CO)NC(=O)CCCCCCCCCCCC/C=C\CCCCCCCCCCCCCCOC(=O)CCCCCCCCCCCCCCCCC. The molecule has 0 aromatic heterocycles. The molecule has 6 nitrogen and oxygen atoms in total. The summed E-state index contributed by atoms with van der Waals surface area (Å²) in [6.45, 7) is 5.01. The molecule has 3 N–H and O–H groups in total. The molecule has 0 heterocycles. The van der Waals surface area contributed by atoms with Crippen molar-refractivity contribution in [2.45, 2.75) is 443 Å². The van der Waals surface area contributed by atoms with E-state index in [9.17, 15) is 19.8 Å². The number of allylic oxidation sites excluding steroid dienone is 2. The molecular formula is C75H147NO5. The molecule has 0 fully saturated rings. The molecule has 0 aromatic rings. The molecule has 0 radical (unpaired) electrons. The Balaban J connectivity index is 3.38. The fourth-order valence-electron chi connectivity index (χ4n) is 12.1. The van der Waals surface area contributed by atoms with Gasteiger partial charge in [-0.1, -0.05) is 379 Å². The Hall–Kier alpha value is -1.40. The van der Waals surface area contributed by atoms with Gasteiger partial charge in [-0.05, 0) is 51.4 Å². The fourth-order valence-corrected chi connectivity index (χ4v) is 12.1. The smallest absolute Gasteiger partial charge is 0.305 e. The van der Waals surface area contributed by atoms with Gasteiger partial charge in [0.25, 0.3) is 0 Å². The van der Waals surface area contributed by atoms with Crippen molar-refractivity contribution in [3.63, 3.8) is 0 Å². The first-order chi connectivity index (χ1) is 40.0. The summed E-state index contributed by atoms with van der Waals surface area (Å²) in [6.07, 6.45) is 88.5. The van der Waals surface area contributed by atoms with Crippen LogP contribution >= 0.6 is 0 Å². The number of esters is 1. The summed E-state index contributed by atoms with van der Waals surface area (Å²) in [5.41, 5.74) is 0. The molecule has 0 saturated heterocycles. The topological polar surface area (TPSA) is 95.9 Å². The van der Waals surface area contributed by atoms with E-state index in [1.54, 1.807) is 0 Å². The third-order valence-electron chi connectivity index (χ3n) is 17.8. The van der Waals surface area contributed by atoms with Crippen molar-refractivity contribution in [2.24, 2.45) is 0 Å². The van der Waals surface area contributed by atoms with E-state index in [1.807, 2.05) is 0 Å². The molecular weight excluding hydrogens is 995 g/mol. The Bertz CT molecular complexity index is 1220. The molecule has 2 atom stereocenters. The minimum absolute atomic E-state index is 0.0186. The first kappa shape index (κ1) is 79.6. The van der Waals surface area contributed by atoms with Crippen LogP contribution in [0.25, 0.3) is 0 Å². The Morgan fingerprint density at radius 1 is 0.333 bits per heavy atom. The van der Waals surface area contributed by atoms with Crippen molar-refractivity contribution in [3.05, 3.63) is 12.2 Å². The van der Waals surface area contributed by atoms with Crippen LogP contribution in [0.2, 0.25) is 0 Å². The zero-order chi connectivity index (χ0) is 58.5. The van der Waals surface area contributed by atoms with E-state index in [2.05, 4.69) is 31.3 Å². The molecule has 0 aromatic carbocycles.